The van der Waals surface area contributed by atoms with E-state index in [-0.39, 0.29) is 28.8 Å². The highest BCUT2D eigenvalue weighted by molar-refractivity contribution is 9.10. The highest BCUT2D eigenvalue weighted by atomic mass is 79.9. The molecule has 0 atom stereocenters. The average molecular weight is 451 g/mol. The highest BCUT2D eigenvalue weighted by Gasteiger charge is 2.22. The Morgan fingerprint density at radius 2 is 2.29 bits per heavy atom. The summed E-state index contributed by atoms with van der Waals surface area (Å²) >= 11 is 3.23. The lowest BCUT2D eigenvalue weighted by molar-refractivity contribution is 0.0946. The van der Waals surface area contributed by atoms with Gasteiger partial charge in [0.25, 0.3) is 5.91 Å². The van der Waals surface area contributed by atoms with Crippen molar-refractivity contribution >= 4 is 33.9 Å². The number of nitrogens with two attached hydrogens (primary N) is 1. The van der Waals surface area contributed by atoms with E-state index in [1.165, 1.54) is 6.21 Å². The van der Waals surface area contributed by atoms with E-state index in [0.717, 1.165) is 4.68 Å². The van der Waals surface area contributed by atoms with Crippen LogP contribution in [0.5, 0.6) is 11.5 Å². The molecule has 1 aromatic carbocycles. The van der Waals surface area contributed by atoms with E-state index in [2.05, 4.69) is 51.7 Å². The van der Waals surface area contributed by atoms with E-state index in [1.807, 2.05) is 0 Å². The number of nitrogens with zero attached hydrogens (tertiary/aromatic N) is 6. The fourth-order valence-corrected chi connectivity index (χ4v) is 2.72. The van der Waals surface area contributed by atoms with E-state index in [1.54, 1.807) is 26.0 Å². The summed E-state index contributed by atoms with van der Waals surface area (Å²) in [7, 11) is 0. The number of ether oxygens (including phenoxy) is 1. The van der Waals surface area contributed by atoms with Gasteiger partial charge >= 0.3 is 0 Å². The monoisotopic (exact) mass is 450 g/mol. The zero-order chi connectivity index (χ0) is 20.3. The number of hydrogen-bond acceptors (Lipinski definition) is 10. The number of aryl methyl sites for hydroxylation is 1. The number of amides is 1. The summed E-state index contributed by atoms with van der Waals surface area (Å²) in [6, 6.07) is 3.20. The van der Waals surface area contributed by atoms with Crippen molar-refractivity contribution in [1.82, 2.24) is 30.7 Å². The topological polar surface area (TPSA) is 167 Å². The molecule has 0 bridgehead atoms. The molecule has 4 N–H and O–H groups in total. The van der Waals surface area contributed by atoms with E-state index in [0.29, 0.717) is 22.3 Å². The fraction of sp³-hybridized carbons (Fsp3) is 0.200. The van der Waals surface area contributed by atoms with Crippen molar-refractivity contribution in [2.24, 2.45) is 5.10 Å². The number of benzene rings is 1. The quantitative estimate of drug-likeness (QED) is 0.368. The van der Waals surface area contributed by atoms with Gasteiger partial charge in [0.15, 0.2) is 17.2 Å². The molecule has 0 fully saturated rings. The molecule has 13 heteroatoms. The van der Waals surface area contributed by atoms with Gasteiger partial charge in [-0.1, -0.05) is 5.21 Å². The number of aromatic nitrogens is 5. The first-order chi connectivity index (χ1) is 13.4. The van der Waals surface area contributed by atoms with Crippen molar-refractivity contribution < 1.29 is 19.3 Å². The first-order valence-electron chi connectivity index (χ1n) is 7.91. The summed E-state index contributed by atoms with van der Waals surface area (Å²) in [6.45, 7) is 3.77. The van der Waals surface area contributed by atoms with Crippen LogP contribution in [-0.4, -0.2) is 49.1 Å². The minimum Gasteiger partial charge on any atom is -0.503 e. The number of anilines is 1. The van der Waals surface area contributed by atoms with Gasteiger partial charge in [0, 0.05) is 0 Å². The number of phenolic OH excluding ortho intramolecular Hbond substituents is 1. The Morgan fingerprint density at radius 3 is 2.96 bits per heavy atom. The molecule has 3 aromatic rings. The van der Waals surface area contributed by atoms with Crippen LogP contribution in [0.1, 0.15) is 28.7 Å². The van der Waals surface area contributed by atoms with Gasteiger partial charge in [0.1, 0.15) is 0 Å². The van der Waals surface area contributed by atoms with Crippen LogP contribution in [0, 0.1) is 6.92 Å². The Labute approximate surface area is 166 Å². The first kappa shape index (κ1) is 19.3. The fourth-order valence-electron chi connectivity index (χ4n) is 2.26. The van der Waals surface area contributed by atoms with E-state index in [4.69, 9.17) is 10.5 Å². The van der Waals surface area contributed by atoms with Crippen LogP contribution >= 0.6 is 15.9 Å². The number of rotatable bonds is 6. The highest BCUT2D eigenvalue weighted by Crippen LogP contribution is 2.35. The van der Waals surface area contributed by atoms with Crippen LogP contribution in [0.15, 0.2) is 26.3 Å². The summed E-state index contributed by atoms with van der Waals surface area (Å²) in [5.74, 6) is -0.327. The lowest BCUT2D eigenvalue weighted by atomic mass is 10.2. The number of carbonyl (C=O) groups is 1. The zero-order valence-corrected chi connectivity index (χ0v) is 16.3. The zero-order valence-electron chi connectivity index (χ0n) is 14.7. The van der Waals surface area contributed by atoms with Crippen LogP contribution in [0.3, 0.4) is 0 Å². The summed E-state index contributed by atoms with van der Waals surface area (Å²) in [5, 5.41) is 28.6. The molecule has 28 heavy (non-hydrogen) atoms. The van der Waals surface area contributed by atoms with Crippen molar-refractivity contribution in [3.05, 3.63) is 33.6 Å². The summed E-state index contributed by atoms with van der Waals surface area (Å²) < 4.78 is 11.4. The van der Waals surface area contributed by atoms with Crippen molar-refractivity contribution in [1.29, 1.82) is 0 Å². The van der Waals surface area contributed by atoms with Crippen LogP contribution in [0.2, 0.25) is 0 Å². The molecule has 0 aliphatic heterocycles. The lowest BCUT2D eigenvalue weighted by Crippen LogP contribution is -2.22. The Morgan fingerprint density at radius 1 is 1.50 bits per heavy atom. The molecule has 1 amide bonds. The summed E-state index contributed by atoms with van der Waals surface area (Å²) in [5.41, 5.74) is 9.00. The number of nitrogen functional groups attached to an aromatic ring is 1. The minimum atomic E-state index is -0.593. The maximum Gasteiger partial charge on any atom is 0.292 e. The molecule has 3 rings (SSSR count). The Kier molecular flexibility index (Phi) is 5.54. The van der Waals surface area contributed by atoms with Gasteiger partial charge in [-0.15, -0.1) is 5.10 Å². The van der Waals surface area contributed by atoms with Gasteiger partial charge < -0.3 is 15.6 Å². The van der Waals surface area contributed by atoms with Crippen molar-refractivity contribution in [3.63, 3.8) is 0 Å². The molecule has 0 saturated carbocycles. The third-order valence-corrected chi connectivity index (χ3v) is 4.08. The molecule has 0 spiro atoms. The van der Waals surface area contributed by atoms with Crippen molar-refractivity contribution in [2.75, 3.05) is 12.3 Å². The smallest absolute Gasteiger partial charge is 0.292 e. The van der Waals surface area contributed by atoms with Crippen LogP contribution in [-0.2, 0) is 0 Å². The van der Waals surface area contributed by atoms with Crippen LogP contribution < -0.4 is 15.9 Å². The standard InChI is InChI=1S/C15H15BrN8O4/c1-3-27-10-5-8(4-9(16)12(10)25)6-18-20-15(26)11-7(2)19-23-24(11)14-13(17)21-28-22-14/h4-6,25H,3H2,1-2H3,(H2,17,21)(H,20,26)/b18-6-. The first-order valence-corrected chi connectivity index (χ1v) is 8.71. The second-order valence-corrected chi connectivity index (χ2v) is 6.24. The molecular weight excluding hydrogens is 436 g/mol. The summed E-state index contributed by atoms with van der Waals surface area (Å²) in [4.78, 5) is 12.5. The maximum atomic E-state index is 12.5. The lowest BCUT2D eigenvalue weighted by Gasteiger charge is -2.08. The van der Waals surface area contributed by atoms with Gasteiger partial charge in [-0.3, -0.25) is 4.79 Å². The molecule has 0 saturated heterocycles. The Balaban J connectivity index is 1.80. The number of hydrogen-bond donors (Lipinski definition) is 3. The van der Waals surface area contributed by atoms with E-state index in [9.17, 15) is 9.90 Å². The van der Waals surface area contributed by atoms with Gasteiger partial charge in [-0.2, -0.15) is 9.78 Å². The predicted molar refractivity (Wildman–Crippen MR) is 100 cm³/mol. The average Bonchev–Trinajstić information content (AvgIpc) is 3.24. The molecule has 146 valence electrons. The van der Waals surface area contributed by atoms with Crippen LogP contribution in [0.4, 0.5) is 5.82 Å². The normalized spacial score (nSPS) is 11.1. The molecule has 2 heterocycles. The molecule has 2 aromatic heterocycles. The number of phenols is 1. The molecule has 0 aliphatic rings. The van der Waals surface area contributed by atoms with Crippen molar-refractivity contribution in [3.8, 4) is 17.3 Å². The maximum absolute atomic E-state index is 12.5. The Hall–Kier alpha value is -3.48. The third-order valence-electron chi connectivity index (χ3n) is 3.48. The molecule has 0 unspecified atom stereocenters. The molecular formula is C15H15BrN8O4. The number of carbonyl (C=O) groups excluding carboxylic acids is 1. The number of nitrogens with one attached hydrogen (secondary N) is 1. The SMILES string of the molecule is CCOc1cc(/C=N\NC(=O)c2c(C)nnn2-c2nonc2N)cc(Br)c1O. The minimum absolute atomic E-state index is 0.0209. The van der Waals surface area contributed by atoms with Crippen molar-refractivity contribution in [2.45, 2.75) is 13.8 Å². The second kappa shape index (κ2) is 8.04. The molecule has 0 aliphatic carbocycles. The van der Waals surface area contributed by atoms with Crippen LogP contribution in [0.25, 0.3) is 5.82 Å². The largest absolute Gasteiger partial charge is 0.503 e. The molecule has 0 radical (unpaired) electrons. The number of hydrazone groups is 1. The van der Waals surface area contributed by atoms with E-state index >= 15 is 0 Å². The number of halogens is 1. The third kappa shape index (κ3) is 3.78. The van der Waals surface area contributed by atoms with Gasteiger partial charge in [0.2, 0.25) is 11.6 Å². The van der Waals surface area contributed by atoms with Gasteiger partial charge in [-0.05, 0) is 57.8 Å². The second-order valence-electron chi connectivity index (χ2n) is 5.39. The number of aromatic hydroxyl groups is 1. The van der Waals surface area contributed by atoms with E-state index < -0.39 is 5.91 Å². The molecule has 12 nitrogen and oxygen atoms in total. The van der Waals surface area contributed by atoms with Gasteiger partial charge in [0.05, 0.1) is 23.0 Å². The van der Waals surface area contributed by atoms with Gasteiger partial charge in [-0.25, -0.2) is 10.1 Å². The summed E-state index contributed by atoms with van der Waals surface area (Å²) in [6.07, 6.45) is 1.39. The Bertz CT molecular complexity index is 1040. The predicted octanol–water partition coefficient (Wildman–Crippen LogP) is 1.17.